The van der Waals surface area contributed by atoms with Crippen LogP contribution in [0.4, 0.5) is 0 Å². The molecule has 7 nitrogen and oxygen atoms in total. The Morgan fingerprint density at radius 1 is 1.16 bits per heavy atom. The number of halogens is 1. The molecule has 0 saturated carbocycles. The Bertz CT molecular complexity index is 1020. The van der Waals surface area contributed by atoms with Gasteiger partial charge in [0.15, 0.2) is 0 Å². The van der Waals surface area contributed by atoms with E-state index in [9.17, 15) is 14.7 Å². The Labute approximate surface area is 185 Å². The monoisotopic (exact) mass is 445 g/mol. The average molecular weight is 446 g/mol. The van der Waals surface area contributed by atoms with Crippen LogP contribution >= 0.6 is 11.6 Å². The molecule has 31 heavy (non-hydrogen) atoms. The number of ketones is 1. The molecule has 1 aliphatic heterocycles. The summed E-state index contributed by atoms with van der Waals surface area (Å²) in [6.45, 7) is 2.20. The normalized spacial score (nSPS) is 17.8. The number of aliphatic hydroxyl groups excluding tert-OH is 2. The zero-order valence-corrected chi connectivity index (χ0v) is 18.1. The molecule has 0 spiro atoms. The first-order chi connectivity index (χ1) is 14.9. The van der Waals surface area contributed by atoms with Crippen molar-refractivity contribution in [2.75, 3.05) is 26.9 Å². The fourth-order valence-corrected chi connectivity index (χ4v) is 3.80. The molecule has 2 aromatic rings. The van der Waals surface area contributed by atoms with Gasteiger partial charge >= 0.3 is 0 Å². The number of methoxy groups -OCH3 is 1. The van der Waals surface area contributed by atoms with Crippen molar-refractivity contribution >= 4 is 29.1 Å². The standard InChI is InChI=1S/C23H24ClNO6/c1-3-9-25-20(14-5-4-6-16(12-14)31-11-10-26)19(22(28)23(25)29)21(27)17-13-15(30-2)7-8-18(17)24/h4-8,12-13,20,26-27H,3,9-11H2,1-2H3/b21-19+. The summed E-state index contributed by atoms with van der Waals surface area (Å²) >= 11 is 6.28. The number of hydrogen-bond acceptors (Lipinski definition) is 6. The lowest BCUT2D eigenvalue weighted by Crippen LogP contribution is -2.30. The van der Waals surface area contributed by atoms with Gasteiger partial charge in [-0.3, -0.25) is 9.59 Å². The van der Waals surface area contributed by atoms with Crippen molar-refractivity contribution in [1.82, 2.24) is 4.90 Å². The van der Waals surface area contributed by atoms with Crippen molar-refractivity contribution in [3.8, 4) is 11.5 Å². The summed E-state index contributed by atoms with van der Waals surface area (Å²) in [6, 6.07) is 10.8. The fraction of sp³-hybridized carbons (Fsp3) is 0.304. The third-order valence-electron chi connectivity index (χ3n) is 4.97. The first kappa shape index (κ1) is 22.7. The number of rotatable bonds is 8. The minimum absolute atomic E-state index is 0.0482. The van der Waals surface area contributed by atoms with E-state index in [1.54, 1.807) is 36.4 Å². The maximum Gasteiger partial charge on any atom is 0.295 e. The highest BCUT2D eigenvalue weighted by atomic mass is 35.5. The van der Waals surface area contributed by atoms with Gasteiger partial charge in [-0.05, 0) is 42.3 Å². The molecule has 0 radical (unpaired) electrons. The van der Waals surface area contributed by atoms with Gasteiger partial charge < -0.3 is 24.6 Å². The van der Waals surface area contributed by atoms with Crippen LogP contribution in [0.25, 0.3) is 5.76 Å². The zero-order valence-electron chi connectivity index (χ0n) is 17.3. The molecule has 1 amide bonds. The number of aliphatic hydroxyl groups is 2. The van der Waals surface area contributed by atoms with Crippen LogP contribution < -0.4 is 9.47 Å². The second-order valence-electron chi connectivity index (χ2n) is 6.98. The highest BCUT2D eigenvalue weighted by Crippen LogP contribution is 2.41. The molecule has 1 heterocycles. The van der Waals surface area contributed by atoms with Crippen molar-refractivity contribution in [1.29, 1.82) is 0 Å². The zero-order chi connectivity index (χ0) is 22.5. The Morgan fingerprint density at radius 3 is 2.61 bits per heavy atom. The summed E-state index contributed by atoms with van der Waals surface area (Å²) in [7, 11) is 1.48. The number of carbonyl (C=O) groups is 2. The van der Waals surface area contributed by atoms with Gasteiger partial charge in [-0.2, -0.15) is 0 Å². The lowest BCUT2D eigenvalue weighted by molar-refractivity contribution is -0.139. The molecule has 1 unspecified atom stereocenters. The third-order valence-corrected chi connectivity index (χ3v) is 5.30. The van der Waals surface area contributed by atoms with E-state index in [1.807, 2.05) is 6.92 Å². The van der Waals surface area contributed by atoms with E-state index in [0.29, 0.717) is 30.0 Å². The van der Waals surface area contributed by atoms with Crippen molar-refractivity contribution < 1.29 is 29.3 Å². The van der Waals surface area contributed by atoms with E-state index < -0.39 is 17.7 Å². The van der Waals surface area contributed by atoms with Gasteiger partial charge in [0, 0.05) is 12.1 Å². The van der Waals surface area contributed by atoms with Crippen LogP contribution in [0.5, 0.6) is 11.5 Å². The average Bonchev–Trinajstić information content (AvgIpc) is 3.03. The van der Waals surface area contributed by atoms with Gasteiger partial charge in [-0.15, -0.1) is 0 Å². The van der Waals surface area contributed by atoms with Gasteiger partial charge in [0.1, 0.15) is 23.9 Å². The molecule has 164 valence electrons. The summed E-state index contributed by atoms with van der Waals surface area (Å²) in [5, 5.41) is 20.3. The molecule has 2 aromatic carbocycles. The molecule has 1 saturated heterocycles. The lowest BCUT2D eigenvalue weighted by atomic mass is 9.95. The quantitative estimate of drug-likeness (QED) is 0.366. The van der Waals surface area contributed by atoms with Crippen molar-refractivity contribution in [2.45, 2.75) is 19.4 Å². The number of hydrogen-bond donors (Lipinski definition) is 2. The van der Waals surface area contributed by atoms with Crippen LogP contribution in [0.1, 0.15) is 30.5 Å². The number of likely N-dealkylation sites (tertiary alicyclic amines) is 1. The van der Waals surface area contributed by atoms with Gasteiger partial charge in [0.2, 0.25) is 0 Å². The second kappa shape index (κ2) is 9.85. The maximum atomic E-state index is 13.0. The van der Waals surface area contributed by atoms with Gasteiger partial charge in [-0.25, -0.2) is 0 Å². The Hall–Kier alpha value is -3.03. The van der Waals surface area contributed by atoms with Crippen molar-refractivity contribution in [2.24, 2.45) is 0 Å². The highest BCUT2D eigenvalue weighted by Gasteiger charge is 2.46. The number of carbonyl (C=O) groups excluding carboxylic acids is 2. The topological polar surface area (TPSA) is 96.3 Å². The van der Waals surface area contributed by atoms with E-state index in [-0.39, 0.29) is 35.1 Å². The molecular formula is C23H24ClNO6. The molecule has 8 heteroatoms. The largest absolute Gasteiger partial charge is 0.507 e. The smallest absolute Gasteiger partial charge is 0.295 e. The van der Waals surface area contributed by atoms with Crippen LogP contribution in [0.3, 0.4) is 0 Å². The van der Waals surface area contributed by atoms with Crippen LogP contribution in [0.2, 0.25) is 5.02 Å². The van der Waals surface area contributed by atoms with Gasteiger partial charge in [-0.1, -0.05) is 30.7 Å². The predicted octanol–water partition coefficient (Wildman–Crippen LogP) is 3.55. The van der Waals surface area contributed by atoms with E-state index >= 15 is 0 Å². The Kier molecular flexibility index (Phi) is 7.20. The van der Waals surface area contributed by atoms with Crippen molar-refractivity contribution in [3.05, 3.63) is 64.2 Å². The molecule has 0 aromatic heterocycles. The minimum Gasteiger partial charge on any atom is -0.507 e. The molecule has 1 aliphatic rings. The van der Waals surface area contributed by atoms with Crippen molar-refractivity contribution in [3.63, 3.8) is 0 Å². The van der Waals surface area contributed by atoms with Crippen LogP contribution in [-0.4, -0.2) is 53.7 Å². The van der Waals surface area contributed by atoms with E-state index in [4.69, 9.17) is 26.2 Å². The summed E-state index contributed by atoms with van der Waals surface area (Å²) in [5.74, 6) is -0.907. The predicted molar refractivity (Wildman–Crippen MR) is 116 cm³/mol. The second-order valence-corrected chi connectivity index (χ2v) is 7.39. The summed E-state index contributed by atoms with van der Waals surface area (Å²) in [4.78, 5) is 27.2. The van der Waals surface area contributed by atoms with Crippen LogP contribution in [0.15, 0.2) is 48.0 Å². The molecular weight excluding hydrogens is 422 g/mol. The number of Topliss-reactive ketones (excluding diaryl/α,β-unsaturated/α-hetero) is 1. The lowest BCUT2D eigenvalue weighted by Gasteiger charge is -2.25. The highest BCUT2D eigenvalue weighted by molar-refractivity contribution is 6.47. The Balaban J connectivity index is 2.18. The fourth-order valence-electron chi connectivity index (χ4n) is 3.59. The number of nitrogens with zero attached hydrogens (tertiary/aromatic N) is 1. The minimum atomic E-state index is -0.806. The van der Waals surface area contributed by atoms with Crippen LogP contribution in [0, 0.1) is 0 Å². The molecule has 0 bridgehead atoms. The molecule has 3 rings (SSSR count). The first-order valence-electron chi connectivity index (χ1n) is 9.88. The SMILES string of the molecule is CCCN1C(=O)C(=O)/C(=C(/O)c2cc(OC)ccc2Cl)C1c1cccc(OCCO)c1. The molecule has 1 atom stereocenters. The number of amides is 1. The Morgan fingerprint density at radius 2 is 1.94 bits per heavy atom. The van der Waals surface area contributed by atoms with Gasteiger partial charge in [0.25, 0.3) is 11.7 Å². The number of ether oxygens (including phenoxy) is 2. The molecule has 0 aliphatic carbocycles. The summed E-state index contributed by atoms with van der Waals surface area (Å²) in [6.07, 6.45) is 0.629. The van der Waals surface area contributed by atoms with E-state index in [1.165, 1.54) is 18.1 Å². The van der Waals surface area contributed by atoms with Crippen LogP contribution in [-0.2, 0) is 9.59 Å². The maximum absolute atomic E-state index is 13.0. The molecule has 2 N–H and O–H groups in total. The summed E-state index contributed by atoms with van der Waals surface area (Å²) < 4.78 is 10.7. The first-order valence-corrected chi connectivity index (χ1v) is 10.3. The van der Waals surface area contributed by atoms with E-state index in [2.05, 4.69) is 0 Å². The number of benzene rings is 2. The third kappa shape index (κ3) is 4.52. The molecule has 1 fully saturated rings. The van der Waals surface area contributed by atoms with Gasteiger partial charge in [0.05, 0.1) is 30.4 Å². The van der Waals surface area contributed by atoms with E-state index in [0.717, 1.165) is 0 Å². The summed E-state index contributed by atoms with van der Waals surface area (Å²) in [5.41, 5.74) is 0.754.